The lowest BCUT2D eigenvalue weighted by atomic mass is 10.2. The fourth-order valence-electron chi connectivity index (χ4n) is 3.42. The fraction of sp³-hybridized carbons (Fsp3) is 0.417. The van der Waals surface area contributed by atoms with Crippen LogP contribution in [0, 0.1) is 6.92 Å². The number of rotatable bonds is 10. The van der Waals surface area contributed by atoms with E-state index in [0.717, 1.165) is 30.6 Å². The average Bonchev–Trinajstić information content (AvgIpc) is 2.82. The molecule has 2 aromatic rings. The minimum absolute atomic E-state index is 0.141. The van der Waals surface area contributed by atoms with Gasteiger partial charge in [0, 0.05) is 25.2 Å². The van der Waals surface area contributed by atoms with Crippen molar-refractivity contribution in [1.82, 2.24) is 4.31 Å². The smallest absolute Gasteiger partial charge is 0.306 e. The number of aryl methyl sites for hydroxylation is 1. The standard InChI is InChI=1S/C24H30N2O6S/c1-19-7-11-21(12-8-19)31-17-5-6-24(28)32-18-23(27)25-20-9-13-22(14-10-20)33(29,30)26-15-3-2-4-16-26/h7-14H,2-6,15-18H2,1H3,(H,25,27). The van der Waals surface area contributed by atoms with Crippen LogP contribution in [-0.4, -0.2) is 50.9 Å². The van der Waals surface area contributed by atoms with Gasteiger partial charge in [-0.1, -0.05) is 24.1 Å². The van der Waals surface area contributed by atoms with Gasteiger partial charge >= 0.3 is 5.97 Å². The van der Waals surface area contributed by atoms with Gasteiger partial charge in [-0.25, -0.2) is 8.42 Å². The Labute approximate surface area is 194 Å². The van der Waals surface area contributed by atoms with Crippen LogP contribution in [0.15, 0.2) is 53.4 Å². The Morgan fingerprint density at radius 2 is 1.64 bits per heavy atom. The van der Waals surface area contributed by atoms with Crippen LogP contribution in [0.2, 0.25) is 0 Å². The van der Waals surface area contributed by atoms with E-state index in [1.54, 1.807) is 0 Å². The van der Waals surface area contributed by atoms with Gasteiger partial charge in [0.2, 0.25) is 10.0 Å². The van der Waals surface area contributed by atoms with Crippen molar-refractivity contribution in [3.8, 4) is 5.75 Å². The van der Waals surface area contributed by atoms with Crippen LogP contribution >= 0.6 is 0 Å². The summed E-state index contributed by atoms with van der Waals surface area (Å²) in [4.78, 5) is 24.1. The Hall–Kier alpha value is -2.91. The van der Waals surface area contributed by atoms with Crippen LogP contribution in [0.4, 0.5) is 5.69 Å². The first-order valence-corrected chi connectivity index (χ1v) is 12.5. The highest BCUT2D eigenvalue weighted by Gasteiger charge is 2.25. The van der Waals surface area contributed by atoms with Gasteiger partial charge in [0.1, 0.15) is 5.75 Å². The molecule has 9 heteroatoms. The molecule has 3 rings (SSSR count). The van der Waals surface area contributed by atoms with Crippen LogP contribution < -0.4 is 10.1 Å². The number of benzene rings is 2. The van der Waals surface area contributed by atoms with Crippen LogP contribution in [0.5, 0.6) is 5.75 Å². The molecule has 1 amide bonds. The Balaban J connectivity index is 1.36. The van der Waals surface area contributed by atoms with Crippen LogP contribution in [0.1, 0.15) is 37.7 Å². The van der Waals surface area contributed by atoms with Crippen molar-refractivity contribution < 1.29 is 27.5 Å². The molecule has 0 atom stereocenters. The average molecular weight is 475 g/mol. The molecule has 0 aliphatic carbocycles. The highest BCUT2D eigenvalue weighted by Crippen LogP contribution is 2.22. The van der Waals surface area contributed by atoms with E-state index in [9.17, 15) is 18.0 Å². The van der Waals surface area contributed by atoms with Gasteiger partial charge in [0.25, 0.3) is 5.91 Å². The minimum Gasteiger partial charge on any atom is -0.494 e. The molecule has 1 fully saturated rings. The minimum atomic E-state index is -3.52. The zero-order valence-electron chi connectivity index (χ0n) is 18.8. The SMILES string of the molecule is Cc1ccc(OCCCC(=O)OCC(=O)Nc2ccc(S(=O)(=O)N3CCCCC3)cc2)cc1. The summed E-state index contributed by atoms with van der Waals surface area (Å²) in [5.41, 5.74) is 1.57. The second-order valence-corrected chi connectivity index (χ2v) is 9.90. The zero-order valence-corrected chi connectivity index (χ0v) is 19.6. The van der Waals surface area contributed by atoms with Gasteiger partial charge in [-0.3, -0.25) is 9.59 Å². The van der Waals surface area contributed by atoms with E-state index in [4.69, 9.17) is 9.47 Å². The lowest BCUT2D eigenvalue weighted by Gasteiger charge is -2.25. The van der Waals surface area contributed by atoms with E-state index in [1.165, 1.54) is 28.6 Å². The maximum absolute atomic E-state index is 12.7. The normalized spacial score (nSPS) is 14.5. The third kappa shape index (κ3) is 7.57. The topological polar surface area (TPSA) is 102 Å². The summed E-state index contributed by atoms with van der Waals surface area (Å²) in [6, 6.07) is 13.6. The van der Waals surface area contributed by atoms with E-state index < -0.39 is 28.5 Å². The zero-order chi connectivity index (χ0) is 23.7. The van der Waals surface area contributed by atoms with Crippen molar-refractivity contribution in [2.24, 2.45) is 0 Å². The molecule has 1 aliphatic rings. The summed E-state index contributed by atoms with van der Waals surface area (Å²) in [6.07, 6.45) is 3.39. The lowest BCUT2D eigenvalue weighted by Crippen LogP contribution is -2.35. The Morgan fingerprint density at radius 1 is 0.970 bits per heavy atom. The van der Waals surface area contributed by atoms with E-state index in [-0.39, 0.29) is 11.3 Å². The molecule has 178 valence electrons. The van der Waals surface area contributed by atoms with Gasteiger partial charge < -0.3 is 14.8 Å². The summed E-state index contributed by atoms with van der Waals surface area (Å²) in [5, 5.41) is 2.60. The van der Waals surface area contributed by atoms with E-state index in [2.05, 4.69) is 5.32 Å². The number of piperidine rings is 1. The molecular formula is C24H30N2O6S. The number of esters is 1. The van der Waals surface area contributed by atoms with Gasteiger partial charge in [-0.15, -0.1) is 0 Å². The quantitative estimate of drug-likeness (QED) is 0.418. The largest absolute Gasteiger partial charge is 0.494 e. The van der Waals surface area contributed by atoms with Gasteiger partial charge in [0.15, 0.2) is 6.61 Å². The second kappa shape index (κ2) is 11.8. The van der Waals surface area contributed by atoms with Crippen molar-refractivity contribution in [2.75, 3.05) is 31.6 Å². The van der Waals surface area contributed by atoms with E-state index >= 15 is 0 Å². The molecule has 0 bridgehead atoms. The van der Waals surface area contributed by atoms with Crippen LogP contribution in [0.3, 0.4) is 0 Å². The molecule has 1 saturated heterocycles. The van der Waals surface area contributed by atoms with Crippen molar-refractivity contribution >= 4 is 27.6 Å². The number of amides is 1. The lowest BCUT2D eigenvalue weighted by molar-refractivity contribution is -0.147. The fourth-order valence-corrected chi connectivity index (χ4v) is 4.94. The third-order valence-corrected chi connectivity index (χ3v) is 7.18. The number of sulfonamides is 1. The highest BCUT2D eigenvalue weighted by atomic mass is 32.2. The first-order valence-electron chi connectivity index (χ1n) is 11.1. The maximum atomic E-state index is 12.7. The van der Waals surface area contributed by atoms with Crippen molar-refractivity contribution in [2.45, 2.75) is 43.9 Å². The number of hydrogen-bond donors (Lipinski definition) is 1. The molecule has 0 radical (unpaired) electrons. The molecule has 1 aliphatic heterocycles. The highest BCUT2D eigenvalue weighted by molar-refractivity contribution is 7.89. The molecule has 0 unspecified atom stereocenters. The number of hydrogen-bond acceptors (Lipinski definition) is 6. The van der Waals surface area contributed by atoms with Crippen LogP contribution in [-0.2, 0) is 24.3 Å². The Kier molecular flexibility index (Phi) is 8.85. The van der Waals surface area contributed by atoms with Crippen molar-refractivity contribution in [3.63, 3.8) is 0 Å². The first-order chi connectivity index (χ1) is 15.8. The number of ether oxygens (including phenoxy) is 2. The van der Waals surface area contributed by atoms with Crippen molar-refractivity contribution in [3.05, 3.63) is 54.1 Å². The number of nitrogens with one attached hydrogen (secondary N) is 1. The monoisotopic (exact) mass is 474 g/mol. The summed E-state index contributed by atoms with van der Waals surface area (Å²) in [7, 11) is -3.52. The molecule has 2 aromatic carbocycles. The van der Waals surface area contributed by atoms with Gasteiger partial charge in [0.05, 0.1) is 11.5 Å². The molecular weight excluding hydrogens is 444 g/mol. The van der Waals surface area contributed by atoms with Crippen molar-refractivity contribution in [1.29, 1.82) is 0 Å². The summed E-state index contributed by atoms with van der Waals surface area (Å²) >= 11 is 0. The van der Waals surface area contributed by atoms with Crippen LogP contribution in [0.25, 0.3) is 0 Å². The number of carbonyl (C=O) groups excluding carboxylic acids is 2. The van der Waals surface area contributed by atoms with E-state index in [1.807, 2.05) is 31.2 Å². The Bertz CT molecular complexity index is 1030. The summed E-state index contributed by atoms with van der Waals surface area (Å²) in [6.45, 7) is 3.02. The maximum Gasteiger partial charge on any atom is 0.306 e. The molecule has 0 aromatic heterocycles. The summed E-state index contributed by atoms with van der Waals surface area (Å²) in [5.74, 6) is -0.241. The molecule has 1 heterocycles. The molecule has 1 N–H and O–H groups in total. The van der Waals surface area contributed by atoms with Gasteiger partial charge in [-0.05, 0) is 62.6 Å². The molecule has 8 nitrogen and oxygen atoms in total. The Morgan fingerprint density at radius 3 is 2.30 bits per heavy atom. The number of nitrogens with zero attached hydrogens (tertiary/aromatic N) is 1. The summed E-state index contributed by atoms with van der Waals surface area (Å²) < 4.78 is 37.4. The predicted octanol–water partition coefficient (Wildman–Crippen LogP) is 3.51. The number of carbonyl (C=O) groups is 2. The molecule has 33 heavy (non-hydrogen) atoms. The predicted molar refractivity (Wildman–Crippen MR) is 125 cm³/mol. The molecule has 0 saturated carbocycles. The second-order valence-electron chi connectivity index (χ2n) is 7.96. The molecule has 0 spiro atoms. The van der Waals surface area contributed by atoms with E-state index in [0.29, 0.717) is 31.8 Å². The third-order valence-electron chi connectivity index (χ3n) is 5.27. The number of anilines is 1. The first kappa shape index (κ1) is 24.7. The van der Waals surface area contributed by atoms with Gasteiger partial charge in [-0.2, -0.15) is 4.31 Å².